The van der Waals surface area contributed by atoms with Crippen LogP contribution in [0.1, 0.15) is 13.3 Å². The first kappa shape index (κ1) is 6.41. The van der Waals surface area contributed by atoms with E-state index in [1.165, 1.54) is 6.21 Å². The van der Waals surface area contributed by atoms with Gasteiger partial charge in [-0.15, -0.1) is 0 Å². The Kier molecular flexibility index (Phi) is 3.29. The lowest BCUT2D eigenvalue weighted by molar-refractivity contribution is 0.776. The molecule has 1 radical (unpaired) electrons. The van der Waals surface area contributed by atoms with E-state index >= 15 is 0 Å². The van der Waals surface area contributed by atoms with E-state index in [1.54, 1.807) is 6.08 Å². The molecule has 1 heteroatoms. The van der Waals surface area contributed by atoms with E-state index in [0.29, 0.717) is 5.92 Å². The quantitative estimate of drug-likeness (QED) is 0.516. The first-order chi connectivity index (χ1) is 3.31. The Balaban J connectivity index is 3.15. The van der Waals surface area contributed by atoms with Crippen LogP contribution < -0.4 is 0 Å². The molecule has 0 saturated heterocycles. The van der Waals surface area contributed by atoms with Gasteiger partial charge in [0.15, 0.2) is 0 Å². The summed E-state index contributed by atoms with van der Waals surface area (Å²) in [6.45, 7) is 7.11. The molecule has 0 rings (SSSR count). The zero-order chi connectivity index (χ0) is 5.70. The number of hydrogen-bond acceptors (Lipinski definition) is 1. The van der Waals surface area contributed by atoms with E-state index in [1.807, 2.05) is 6.92 Å². The number of rotatable bonds is 3. The maximum atomic E-state index is 6.64. The van der Waals surface area contributed by atoms with Gasteiger partial charge in [-0.05, 0) is 18.6 Å². The van der Waals surface area contributed by atoms with Crippen LogP contribution in [-0.4, -0.2) is 6.21 Å². The van der Waals surface area contributed by atoms with Gasteiger partial charge < -0.3 is 5.41 Å². The molecule has 0 aromatic heterocycles. The summed E-state index contributed by atoms with van der Waals surface area (Å²) in [6.07, 6.45) is 3.73. The Morgan fingerprint density at radius 2 is 2.43 bits per heavy atom. The summed E-state index contributed by atoms with van der Waals surface area (Å²) in [4.78, 5) is 0. The number of hydrogen-bond donors (Lipinski definition) is 1. The minimum Gasteiger partial charge on any atom is -0.313 e. The molecule has 1 atom stereocenters. The molecule has 0 spiro atoms. The molecule has 0 saturated carbocycles. The van der Waals surface area contributed by atoms with Gasteiger partial charge in [0.05, 0.1) is 0 Å². The van der Waals surface area contributed by atoms with Crippen molar-refractivity contribution in [2.75, 3.05) is 0 Å². The average Bonchev–Trinajstić information content (AvgIpc) is 1.68. The fourth-order valence-electron chi connectivity index (χ4n) is 0.264. The smallest absolute Gasteiger partial charge is 0.00420 e. The van der Waals surface area contributed by atoms with Gasteiger partial charge in [0.2, 0.25) is 0 Å². The van der Waals surface area contributed by atoms with Gasteiger partial charge in [0, 0.05) is 0 Å². The summed E-state index contributed by atoms with van der Waals surface area (Å²) in [5.41, 5.74) is 0. The van der Waals surface area contributed by atoms with E-state index < -0.39 is 0 Å². The molecule has 1 nitrogen and oxygen atoms in total. The lowest BCUT2D eigenvalue weighted by Gasteiger charge is -1.94. The Morgan fingerprint density at radius 1 is 1.86 bits per heavy atom. The predicted molar refractivity (Wildman–Crippen MR) is 31.4 cm³/mol. The summed E-state index contributed by atoms with van der Waals surface area (Å²) in [7, 11) is 0. The third kappa shape index (κ3) is 3.23. The molecule has 1 N–H and O–H groups in total. The normalized spacial score (nSPS) is 12.7. The lowest BCUT2D eigenvalue weighted by atomic mass is 10.1. The molecule has 0 aliphatic rings. The minimum atomic E-state index is 0.359. The van der Waals surface area contributed by atoms with Crippen molar-refractivity contribution in [1.29, 1.82) is 5.41 Å². The highest BCUT2D eigenvalue weighted by Crippen LogP contribution is 1.96. The van der Waals surface area contributed by atoms with Crippen LogP contribution in [0.25, 0.3) is 0 Å². The highest BCUT2D eigenvalue weighted by Gasteiger charge is 1.87. The second-order valence-corrected chi connectivity index (χ2v) is 1.61. The van der Waals surface area contributed by atoms with Crippen molar-refractivity contribution in [3.63, 3.8) is 0 Å². The molecule has 0 fully saturated rings. The van der Waals surface area contributed by atoms with Gasteiger partial charge >= 0.3 is 0 Å². The van der Waals surface area contributed by atoms with E-state index in [0.717, 1.165) is 6.42 Å². The van der Waals surface area contributed by atoms with Crippen LogP contribution in [-0.2, 0) is 0 Å². The highest BCUT2D eigenvalue weighted by atomic mass is 14.3. The largest absolute Gasteiger partial charge is 0.313 e. The highest BCUT2D eigenvalue weighted by molar-refractivity contribution is 5.53. The SMILES string of the molecule is [CH]=CC(C)CC=N. The van der Waals surface area contributed by atoms with Gasteiger partial charge in [-0.3, -0.25) is 0 Å². The van der Waals surface area contributed by atoms with Gasteiger partial charge in [0.25, 0.3) is 0 Å². The Hall–Kier alpha value is -0.590. The van der Waals surface area contributed by atoms with Crippen LogP contribution in [0, 0.1) is 17.9 Å². The lowest BCUT2D eigenvalue weighted by Crippen LogP contribution is -1.86. The molecule has 0 amide bonds. The topological polar surface area (TPSA) is 23.9 Å². The first-order valence-electron chi connectivity index (χ1n) is 2.35. The molecule has 0 heterocycles. The molecule has 39 valence electrons. The molecular weight excluding hydrogens is 86.1 g/mol. The Bertz CT molecular complexity index is 66.6. The Labute approximate surface area is 44.6 Å². The maximum absolute atomic E-state index is 6.64. The van der Waals surface area contributed by atoms with Crippen LogP contribution in [0.4, 0.5) is 0 Å². The second-order valence-electron chi connectivity index (χ2n) is 1.61. The predicted octanol–water partition coefficient (Wildman–Crippen LogP) is 1.65. The summed E-state index contributed by atoms with van der Waals surface area (Å²) in [5.74, 6) is 0.359. The monoisotopic (exact) mass is 96.1 g/mol. The third-order valence-corrected chi connectivity index (χ3v) is 0.818. The van der Waals surface area contributed by atoms with Crippen molar-refractivity contribution < 1.29 is 0 Å². The molecule has 0 aromatic rings. The van der Waals surface area contributed by atoms with Crippen molar-refractivity contribution in [2.45, 2.75) is 13.3 Å². The van der Waals surface area contributed by atoms with Crippen molar-refractivity contribution in [1.82, 2.24) is 0 Å². The number of allylic oxidation sites excluding steroid dienone is 1. The van der Waals surface area contributed by atoms with Gasteiger partial charge in [0.1, 0.15) is 0 Å². The van der Waals surface area contributed by atoms with E-state index in [4.69, 9.17) is 12.0 Å². The average molecular weight is 96.2 g/mol. The third-order valence-electron chi connectivity index (χ3n) is 0.818. The minimum absolute atomic E-state index is 0.359. The van der Waals surface area contributed by atoms with Crippen molar-refractivity contribution in [3.8, 4) is 0 Å². The summed E-state index contributed by atoms with van der Waals surface area (Å²) in [5, 5.41) is 6.64. The molecule has 0 aliphatic carbocycles. The van der Waals surface area contributed by atoms with Gasteiger partial charge in [-0.25, -0.2) is 0 Å². The molecule has 0 aromatic carbocycles. The van der Waals surface area contributed by atoms with Gasteiger partial charge in [-0.1, -0.05) is 19.6 Å². The van der Waals surface area contributed by atoms with E-state index in [9.17, 15) is 0 Å². The summed E-state index contributed by atoms with van der Waals surface area (Å²) < 4.78 is 0. The first-order valence-corrected chi connectivity index (χ1v) is 2.35. The molecule has 0 aliphatic heterocycles. The summed E-state index contributed by atoms with van der Waals surface area (Å²) >= 11 is 0. The van der Waals surface area contributed by atoms with E-state index in [-0.39, 0.29) is 0 Å². The molecular formula is C6H10N. The van der Waals surface area contributed by atoms with Crippen LogP contribution >= 0.6 is 0 Å². The zero-order valence-corrected chi connectivity index (χ0v) is 4.52. The van der Waals surface area contributed by atoms with Crippen LogP contribution in [0.15, 0.2) is 6.08 Å². The molecule has 1 unspecified atom stereocenters. The summed E-state index contributed by atoms with van der Waals surface area (Å²) in [6, 6.07) is 0. The van der Waals surface area contributed by atoms with Crippen LogP contribution in [0.5, 0.6) is 0 Å². The second kappa shape index (κ2) is 3.59. The fourth-order valence-corrected chi connectivity index (χ4v) is 0.264. The van der Waals surface area contributed by atoms with Crippen LogP contribution in [0.3, 0.4) is 0 Å². The maximum Gasteiger partial charge on any atom is -0.00420 e. The van der Waals surface area contributed by atoms with Crippen molar-refractivity contribution >= 4 is 6.21 Å². The zero-order valence-electron chi connectivity index (χ0n) is 4.52. The van der Waals surface area contributed by atoms with Gasteiger partial charge in [-0.2, -0.15) is 0 Å². The van der Waals surface area contributed by atoms with Crippen LogP contribution in [0.2, 0.25) is 0 Å². The molecule has 0 bridgehead atoms. The standard InChI is InChI=1S/C6H10N/c1-3-6(2)4-5-7/h1,3,5-7H,4H2,2H3. The Morgan fingerprint density at radius 3 is 2.57 bits per heavy atom. The fraction of sp³-hybridized carbons (Fsp3) is 0.500. The van der Waals surface area contributed by atoms with Crippen molar-refractivity contribution in [2.24, 2.45) is 5.92 Å². The molecule has 7 heavy (non-hydrogen) atoms. The van der Waals surface area contributed by atoms with Crippen molar-refractivity contribution in [3.05, 3.63) is 12.7 Å². The van der Waals surface area contributed by atoms with E-state index in [2.05, 4.69) is 0 Å². The number of nitrogens with one attached hydrogen (secondary N) is 1.